The van der Waals surface area contributed by atoms with Gasteiger partial charge in [-0.2, -0.15) is 0 Å². The molecule has 0 aliphatic heterocycles. The van der Waals surface area contributed by atoms with Crippen molar-refractivity contribution in [1.82, 2.24) is 19.5 Å². The maximum atomic E-state index is 5.54. The normalized spacial score (nSPS) is 11.1. The van der Waals surface area contributed by atoms with Gasteiger partial charge in [0.15, 0.2) is 34.3 Å². The molecule has 37 heavy (non-hydrogen) atoms. The fourth-order valence-electron chi connectivity index (χ4n) is 4.33. The molecule has 3 aromatic carbocycles. The number of anilines is 2. The molecule has 184 valence electrons. The zero-order valence-electron chi connectivity index (χ0n) is 20.4. The van der Waals surface area contributed by atoms with Crippen LogP contribution in [-0.4, -0.2) is 40.8 Å². The largest absolute Gasteiger partial charge is 0.493 e. The van der Waals surface area contributed by atoms with Gasteiger partial charge in [0, 0.05) is 44.5 Å². The third-order valence-electron chi connectivity index (χ3n) is 6.08. The van der Waals surface area contributed by atoms with Crippen LogP contribution in [0.5, 0.6) is 17.2 Å². The second kappa shape index (κ2) is 9.44. The first-order valence-corrected chi connectivity index (χ1v) is 12.4. The SMILES string of the molecule is COc1cc(Nc2nc(-c3csc4ccccc34)nc3c2ncn3-c2ccccc2)cc(OC)c1OC. The number of nitrogens with zero attached hydrogens (tertiary/aromatic N) is 4. The molecule has 0 unspecified atom stereocenters. The van der Waals surface area contributed by atoms with Gasteiger partial charge >= 0.3 is 0 Å². The number of hydrogen-bond acceptors (Lipinski definition) is 8. The van der Waals surface area contributed by atoms with Crippen molar-refractivity contribution < 1.29 is 14.2 Å². The van der Waals surface area contributed by atoms with Crippen molar-refractivity contribution >= 4 is 44.1 Å². The quantitative estimate of drug-likeness (QED) is 0.264. The first kappa shape index (κ1) is 22.8. The van der Waals surface area contributed by atoms with Gasteiger partial charge in [-0.05, 0) is 18.2 Å². The molecule has 0 spiro atoms. The van der Waals surface area contributed by atoms with E-state index in [1.54, 1.807) is 39.0 Å². The predicted molar refractivity (Wildman–Crippen MR) is 147 cm³/mol. The predicted octanol–water partition coefficient (Wildman–Crippen LogP) is 6.47. The molecule has 0 radical (unpaired) electrons. The topological polar surface area (TPSA) is 83.3 Å². The van der Waals surface area contributed by atoms with Crippen LogP contribution in [0.25, 0.3) is 38.3 Å². The summed E-state index contributed by atoms with van der Waals surface area (Å²) in [7, 11) is 4.76. The lowest BCUT2D eigenvalue weighted by Gasteiger charge is -2.15. The van der Waals surface area contributed by atoms with E-state index < -0.39 is 0 Å². The summed E-state index contributed by atoms with van der Waals surface area (Å²) in [6.45, 7) is 0. The van der Waals surface area contributed by atoms with Gasteiger partial charge < -0.3 is 19.5 Å². The van der Waals surface area contributed by atoms with E-state index in [1.807, 2.05) is 59.2 Å². The lowest BCUT2D eigenvalue weighted by atomic mass is 10.1. The van der Waals surface area contributed by atoms with Gasteiger partial charge in [0.25, 0.3) is 0 Å². The number of thiophene rings is 1. The number of aromatic nitrogens is 4. The lowest BCUT2D eigenvalue weighted by Crippen LogP contribution is -2.02. The van der Waals surface area contributed by atoms with Gasteiger partial charge in [-0.3, -0.25) is 4.57 Å². The molecule has 1 N–H and O–H groups in total. The fourth-order valence-corrected chi connectivity index (χ4v) is 5.27. The molecule has 0 aliphatic carbocycles. The highest BCUT2D eigenvalue weighted by molar-refractivity contribution is 7.17. The molecular weight excluding hydrogens is 486 g/mol. The Morgan fingerprint density at radius 3 is 2.30 bits per heavy atom. The van der Waals surface area contributed by atoms with E-state index in [2.05, 4.69) is 27.8 Å². The average Bonchev–Trinajstić information content (AvgIpc) is 3.57. The molecule has 9 heteroatoms. The summed E-state index contributed by atoms with van der Waals surface area (Å²) in [5, 5.41) is 6.63. The second-order valence-corrected chi connectivity index (χ2v) is 9.11. The molecule has 8 nitrogen and oxygen atoms in total. The molecule has 0 amide bonds. The van der Waals surface area contributed by atoms with Gasteiger partial charge in [-0.15, -0.1) is 11.3 Å². The van der Waals surface area contributed by atoms with Gasteiger partial charge in [0.2, 0.25) is 5.75 Å². The Kier molecular flexibility index (Phi) is 5.82. The van der Waals surface area contributed by atoms with E-state index in [9.17, 15) is 0 Å². The highest BCUT2D eigenvalue weighted by Crippen LogP contribution is 2.41. The van der Waals surface area contributed by atoms with Crippen molar-refractivity contribution in [3.05, 3.63) is 78.4 Å². The van der Waals surface area contributed by atoms with Gasteiger partial charge in [-0.1, -0.05) is 36.4 Å². The van der Waals surface area contributed by atoms with E-state index >= 15 is 0 Å². The Morgan fingerprint density at radius 1 is 0.838 bits per heavy atom. The Balaban J connectivity index is 1.56. The van der Waals surface area contributed by atoms with Crippen molar-refractivity contribution in [3.8, 4) is 34.3 Å². The van der Waals surface area contributed by atoms with Crippen LogP contribution in [0.2, 0.25) is 0 Å². The van der Waals surface area contributed by atoms with E-state index in [-0.39, 0.29) is 0 Å². The van der Waals surface area contributed by atoms with Crippen LogP contribution in [0.1, 0.15) is 0 Å². The van der Waals surface area contributed by atoms with Crippen molar-refractivity contribution in [2.75, 3.05) is 26.6 Å². The number of ether oxygens (including phenoxy) is 3. The summed E-state index contributed by atoms with van der Waals surface area (Å²) in [5.41, 5.74) is 3.98. The third-order valence-corrected chi connectivity index (χ3v) is 7.04. The summed E-state index contributed by atoms with van der Waals surface area (Å²) in [5.74, 6) is 2.76. The number of benzene rings is 3. The van der Waals surface area contributed by atoms with Gasteiger partial charge in [-0.25, -0.2) is 15.0 Å². The summed E-state index contributed by atoms with van der Waals surface area (Å²) in [4.78, 5) is 14.6. The monoisotopic (exact) mass is 509 g/mol. The Bertz CT molecular complexity index is 1700. The van der Waals surface area contributed by atoms with E-state index in [1.165, 1.54) is 4.70 Å². The summed E-state index contributed by atoms with van der Waals surface area (Å²) < 4.78 is 19.7. The number of nitrogens with one attached hydrogen (secondary N) is 1. The van der Waals surface area contributed by atoms with Gasteiger partial charge in [0.05, 0.1) is 21.3 Å². The van der Waals surface area contributed by atoms with Crippen molar-refractivity contribution in [3.63, 3.8) is 0 Å². The highest BCUT2D eigenvalue weighted by atomic mass is 32.1. The molecule has 3 aromatic heterocycles. The highest BCUT2D eigenvalue weighted by Gasteiger charge is 2.19. The molecule has 6 aromatic rings. The summed E-state index contributed by atoms with van der Waals surface area (Å²) in [6, 6.07) is 21.9. The standard InChI is InChI=1S/C28H23N5O3S/c1-34-21-13-17(14-22(35-2)25(21)36-3)30-27-24-28(33(16-29-24)18-9-5-4-6-10-18)32-26(31-27)20-15-37-23-12-8-7-11-19(20)23/h4-16H,1-3H3,(H,30,31,32). The summed E-state index contributed by atoms with van der Waals surface area (Å²) in [6.07, 6.45) is 1.77. The molecule has 0 saturated heterocycles. The van der Waals surface area contributed by atoms with E-state index in [0.29, 0.717) is 45.7 Å². The Labute approximate surface area is 217 Å². The van der Waals surface area contributed by atoms with Crippen LogP contribution in [0.4, 0.5) is 11.5 Å². The average molecular weight is 510 g/mol. The van der Waals surface area contributed by atoms with Crippen LogP contribution >= 0.6 is 11.3 Å². The minimum Gasteiger partial charge on any atom is -0.493 e. The Hall–Kier alpha value is -4.63. The molecule has 3 heterocycles. The Morgan fingerprint density at radius 2 is 1.57 bits per heavy atom. The number of hydrogen-bond donors (Lipinski definition) is 1. The van der Waals surface area contributed by atoms with Crippen LogP contribution < -0.4 is 19.5 Å². The van der Waals surface area contributed by atoms with Gasteiger partial charge in [0.1, 0.15) is 6.33 Å². The first-order valence-electron chi connectivity index (χ1n) is 11.5. The minimum atomic E-state index is 0.516. The van der Waals surface area contributed by atoms with Crippen LogP contribution in [-0.2, 0) is 0 Å². The van der Waals surface area contributed by atoms with Crippen LogP contribution in [0, 0.1) is 0 Å². The summed E-state index contributed by atoms with van der Waals surface area (Å²) >= 11 is 1.67. The van der Waals surface area contributed by atoms with Crippen molar-refractivity contribution in [2.45, 2.75) is 0 Å². The third kappa shape index (κ3) is 3.99. The minimum absolute atomic E-state index is 0.516. The number of rotatable bonds is 7. The number of imidazole rings is 1. The zero-order valence-corrected chi connectivity index (χ0v) is 21.2. The lowest BCUT2D eigenvalue weighted by molar-refractivity contribution is 0.324. The molecule has 0 fully saturated rings. The molecule has 0 saturated carbocycles. The van der Waals surface area contributed by atoms with Crippen molar-refractivity contribution in [2.24, 2.45) is 0 Å². The first-order chi connectivity index (χ1) is 18.2. The molecule has 6 rings (SSSR count). The molecule has 0 atom stereocenters. The number of para-hydroxylation sites is 1. The van der Waals surface area contributed by atoms with Crippen molar-refractivity contribution in [1.29, 1.82) is 0 Å². The van der Waals surface area contributed by atoms with E-state index in [0.717, 1.165) is 16.6 Å². The molecule has 0 bridgehead atoms. The fraction of sp³-hybridized carbons (Fsp3) is 0.107. The van der Waals surface area contributed by atoms with Crippen LogP contribution in [0.15, 0.2) is 78.4 Å². The molecular formula is C28H23N5O3S. The number of fused-ring (bicyclic) bond motifs is 2. The second-order valence-electron chi connectivity index (χ2n) is 8.20. The smallest absolute Gasteiger partial charge is 0.203 e. The maximum absolute atomic E-state index is 5.54. The number of methoxy groups -OCH3 is 3. The zero-order chi connectivity index (χ0) is 25.4. The van der Waals surface area contributed by atoms with Crippen LogP contribution in [0.3, 0.4) is 0 Å². The maximum Gasteiger partial charge on any atom is 0.203 e. The molecule has 0 aliphatic rings. The van der Waals surface area contributed by atoms with E-state index in [4.69, 9.17) is 24.2 Å².